The monoisotopic (exact) mass is 587 g/mol. The summed E-state index contributed by atoms with van der Waals surface area (Å²) in [5.74, 6) is 1.77. The topological polar surface area (TPSA) is 89.6 Å². The van der Waals surface area contributed by atoms with E-state index in [1.165, 1.54) is 32.4 Å². The van der Waals surface area contributed by atoms with Crippen LogP contribution in [0.1, 0.15) is 42.4 Å². The molecule has 9 nitrogen and oxygen atoms in total. The normalized spacial score (nSPS) is 14.1. The quantitative estimate of drug-likeness (QED) is 0.203. The molecular formula is C35H37N7O2. The Morgan fingerprint density at radius 2 is 1.68 bits per heavy atom. The number of fused-ring (bicyclic) bond motifs is 5. The third-order valence-electron chi connectivity index (χ3n) is 8.60. The summed E-state index contributed by atoms with van der Waals surface area (Å²) in [6.45, 7) is 10.3. The molecule has 224 valence electrons. The Balaban J connectivity index is 1.21. The Morgan fingerprint density at radius 3 is 2.48 bits per heavy atom. The van der Waals surface area contributed by atoms with E-state index in [0.29, 0.717) is 29.4 Å². The van der Waals surface area contributed by atoms with E-state index >= 15 is 0 Å². The highest BCUT2D eigenvalue weighted by Crippen LogP contribution is 2.27. The zero-order valence-electron chi connectivity index (χ0n) is 25.5. The molecule has 4 heterocycles. The Bertz CT molecular complexity index is 2040. The second kappa shape index (κ2) is 11.7. The van der Waals surface area contributed by atoms with Crippen LogP contribution in [0.15, 0.2) is 71.7 Å². The highest BCUT2D eigenvalue weighted by atomic mass is 16.5. The number of imidazole rings is 1. The van der Waals surface area contributed by atoms with Gasteiger partial charge >= 0.3 is 0 Å². The van der Waals surface area contributed by atoms with Crippen LogP contribution in [-0.4, -0.2) is 55.1 Å². The minimum absolute atomic E-state index is 0.204. The van der Waals surface area contributed by atoms with Crippen molar-refractivity contribution in [2.75, 3.05) is 31.6 Å². The molecule has 0 spiro atoms. The number of aromatic nitrogens is 5. The van der Waals surface area contributed by atoms with Crippen LogP contribution in [0.3, 0.4) is 0 Å². The van der Waals surface area contributed by atoms with E-state index in [1.807, 2.05) is 85.8 Å². The van der Waals surface area contributed by atoms with Crippen molar-refractivity contribution in [1.82, 2.24) is 28.8 Å². The third kappa shape index (κ3) is 5.17. The molecule has 1 saturated heterocycles. The van der Waals surface area contributed by atoms with Crippen LogP contribution >= 0.6 is 0 Å². The Labute approximate surface area is 256 Å². The lowest BCUT2D eigenvalue weighted by Gasteiger charge is -2.26. The van der Waals surface area contributed by atoms with Crippen LogP contribution in [0.5, 0.6) is 5.75 Å². The molecule has 1 fully saturated rings. The summed E-state index contributed by atoms with van der Waals surface area (Å²) in [5.41, 5.74) is 6.66. The minimum Gasteiger partial charge on any atom is -0.494 e. The molecule has 3 aromatic heterocycles. The van der Waals surface area contributed by atoms with Crippen LogP contribution in [0.2, 0.25) is 0 Å². The average Bonchev–Trinajstić information content (AvgIpc) is 3.42. The van der Waals surface area contributed by atoms with Crippen molar-refractivity contribution in [3.05, 3.63) is 93.9 Å². The lowest BCUT2D eigenvalue weighted by Crippen LogP contribution is -2.31. The first-order valence-electron chi connectivity index (χ1n) is 15.5. The fraction of sp³-hybridized carbons (Fsp3) is 0.314. The predicted octanol–water partition coefficient (Wildman–Crippen LogP) is 6.51. The van der Waals surface area contributed by atoms with Gasteiger partial charge in [0.25, 0.3) is 5.56 Å². The van der Waals surface area contributed by atoms with Crippen LogP contribution in [0.25, 0.3) is 33.5 Å². The largest absolute Gasteiger partial charge is 0.494 e. The van der Waals surface area contributed by atoms with Crippen LogP contribution in [0.4, 0.5) is 11.6 Å². The molecule has 1 aliphatic heterocycles. The van der Waals surface area contributed by atoms with E-state index in [1.54, 1.807) is 10.8 Å². The lowest BCUT2D eigenvalue weighted by molar-refractivity contribution is 0.205. The summed E-state index contributed by atoms with van der Waals surface area (Å²) in [6, 6.07) is 19.9. The number of aryl methyl sites for hydroxylation is 3. The highest BCUT2D eigenvalue weighted by molar-refractivity contribution is 5.88. The van der Waals surface area contributed by atoms with Crippen molar-refractivity contribution < 1.29 is 4.74 Å². The number of nitrogens with one attached hydrogen (secondary N) is 1. The average molecular weight is 588 g/mol. The van der Waals surface area contributed by atoms with Crippen LogP contribution < -0.4 is 15.6 Å². The maximum atomic E-state index is 14.1. The fourth-order valence-corrected chi connectivity index (χ4v) is 6.35. The molecule has 1 aliphatic rings. The summed E-state index contributed by atoms with van der Waals surface area (Å²) in [6.07, 6.45) is 6.61. The van der Waals surface area contributed by atoms with Gasteiger partial charge in [0.15, 0.2) is 5.65 Å². The number of benzene rings is 3. The zero-order chi connectivity index (χ0) is 30.2. The van der Waals surface area contributed by atoms with Crippen molar-refractivity contribution in [3.8, 4) is 11.4 Å². The van der Waals surface area contributed by atoms with E-state index in [2.05, 4.69) is 15.2 Å². The van der Waals surface area contributed by atoms with Gasteiger partial charge in [-0.05, 0) is 100 Å². The summed E-state index contributed by atoms with van der Waals surface area (Å²) >= 11 is 0. The molecule has 0 bridgehead atoms. The molecule has 0 saturated carbocycles. The second-order valence-corrected chi connectivity index (χ2v) is 11.8. The Kier molecular flexibility index (Phi) is 7.47. The first kappa shape index (κ1) is 28.0. The first-order chi connectivity index (χ1) is 21.5. The molecule has 3 aromatic carbocycles. The molecule has 0 radical (unpaired) electrons. The summed E-state index contributed by atoms with van der Waals surface area (Å²) < 4.78 is 9.72. The summed E-state index contributed by atoms with van der Waals surface area (Å²) in [4.78, 5) is 31.0. The highest BCUT2D eigenvalue weighted by Gasteiger charge is 2.21. The van der Waals surface area contributed by atoms with Gasteiger partial charge in [-0.2, -0.15) is 4.98 Å². The number of nitrogens with zero attached hydrogens (tertiary/aromatic N) is 6. The maximum absolute atomic E-state index is 14.1. The Hall–Kier alpha value is -4.76. The molecule has 6 aromatic rings. The number of piperidine rings is 1. The lowest BCUT2D eigenvalue weighted by atomic mass is 10.1. The van der Waals surface area contributed by atoms with E-state index < -0.39 is 0 Å². The van der Waals surface area contributed by atoms with Gasteiger partial charge in [-0.15, -0.1) is 0 Å². The van der Waals surface area contributed by atoms with Gasteiger partial charge in [0.1, 0.15) is 11.1 Å². The van der Waals surface area contributed by atoms with Gasteiger partial charge in [-0.25, -0.2) is 14.5 Å². The van der Waals surface area contributed by atoms with Crippen LogP contribution in [-0.2, 0) is 0 Å². The van der Waals surface area contributed by atoms with E-state index in [-0.39, 0.29) is 5.56 Å². The van der Waals surface area contributed by atoms with E-state index in [9.17, 15) is 4.79 Å². The minimum atomic E-state index is -0.204. The molecule has 44 heavy (non-hydrogen) atoms. The van der Waals surface area contributed by atoms with Crippen LogP contribution in [0, 0.1) is 20.8 Å². The molecule has 0 atom stereocenters. The smallest absolute Gasteiger partial charge is 0.270 e. The Morgan fingerprint density at radius 1 is 0.886 bits per heavy atom. The number of para-hydroxylation sites is 3. The number of likely N-dealkylation sites (tertiary alicyclic amines) is 1. The summed E-state index contributed by atoms with van der Waals surface area (Å²) in [7, 11) is 0. The molecule has 9 heteroatoms. The fourth-order valence-electron chi connectivity index (χ4n) is 6.35. The molecular weight excluding hydrogens is 550 g/mol. The van der Waals surface area contributed by atoms with Crippen molar-refractivity contribution >= 4 is 39.5 Å². The number of hydrogen-bond donors (Lipinski definition) is 1. The van der Waals surface area contributed by atoms with Gasteiger partial charge in [0.2, 0.25) is 11.7 Å². The number of hydrogen-bond acceptors (Lipinski definition) is 7. The number of rotatable bonds is 8. The third-order valence-corrected chi connectivity index (χ3v) is 8.60. The SMILES string of the molecule is Cc1cc(OCCCN2CCCCC2)ccc1Nc1ncc2c(=O)n(-c3c(C)cccc3C)c3nc4ccccc4n3c2n1. The van der Waals surface area contributed by atoms with E-state index in [0.717, 1.165) is 57.8 Å². The molecule has 0 aliphatic carbocycles. The number of ether oxygens (including phenoxy) is 1. The summed E-state index contributed by atoms with van der Waals surface area (Å²) in [5, 5.41) is 3.78. The van der Waals surface area contributed by atoms with Crippen molar-refractivity contribution in [2.24, 2.45) is 0 Å². The van der Waals surface area contributed by atoms with E-state index in [4.69, 9.17) is 14.7 Å². The second-order valence-electron chi connectivity index (χ2n) is 11.8. The maximum Gasteiger partial charge on any atom is 0.270 e. The first-order valence-corrected chi connectivity index (χ1v) is 15.5. The van der Waals surface area contributed by atoms with Gasteiger partial charge in [0, 0.05) is 18.4 Å². The predicted molar refractivity (Wildman–Crippen MR) is 176 cm³/mol. The molecule has 0 unspecified atom stereocenters. The molecule has 7 rings (SSSR count). The van der Waals surface area contributed by atoms with Crippen molar-refractivity contribution in [1.29, 1.82) is 0 Å². The van der Waals surface area contributed by atoms with Gasteiger partial charge in [-0.3, -0.25) is 9.20 Å². The number of anilines is 2. The standard InChI is InChI=1S/C35H37N7O2/c1-23-11-9-12-24(2)31(23)42-33(43)27-22-36-34(39-32(27)41-30-14-6-5-13-29(30)38-35(41)42)37-28-16-15-26(21-25(28)3)44-20-10-19-40-17-7-4-8-18-40/h5-6,9,11-16,21-22H,4,7-8,10,17-20H2,1-3H3,(H,36,37,39). The van der Waals surface area contributed by atoms with Gasteiger partial charge in [0.05, 0.1) is 23.3 Å². The zero-order valence-corrected chi connectivity index (χ0v) is 25.5. The molecule has 1 N–H and O–H groups in total. The van der Waals surface area contributed by atoms with Crippen molar-refractivity contribution in [2.45, 2.75) is 46.5 Å². The van der Waals surface area contributed by atoms with Crippen molar-refractivity contribution in [3.63, 3.8) is 0 Å². The van der Waals surface area contributed by atoms with Gasteiger partial charge in [-0.1, -0.05) is 36.8 Å². The molecule has 0 amide bonds. The van der Waals surface area contributed by atoms with Gasteiger partial charge < -0.3 is 15.0 Å².